The Bertz CT molecular complexity index is 907. The van der Waals surface area contributed by atoms with Crippen molar-refractivity contribution in [1.82, 2.24) is 5.01 Å². The lowest BCUT2D eigenvalue weighted by Crippen LogP contribution is -2.33. The number of nitrogens with two attached hydrogens (primary N) is 2. The number of hydrogen-bond acceptors (Lipinski definition) is 5. The molecule has 0 heterocycles. The maximum Gasteiger partial charge on any atom is 0.115 e. The lowest BCUT2D eigenvalue weighted by Gasteiger charge is -2.27. The van der Waals surface area contributed by atoms with Gasteiger partial charge in [0.05, 0.1) is 18.9 Å². The number of nitrogens with zero attached hydrogens (tertiary/aromatic N) is 1. The summed E-state index contributed by atoms with van der Waals surface area (Å²) in [5.74, 6) is 7.63. The molecule has 2 aliphatic carbocycles. The average Bonchev–Trinajstić information content (AvgIpc) is 3.22. The number of allylic oxidation sites excluding steroid dienone is 12. The normalized spacial score (nSPS) is 17.0. The maximum absolute atomic E-state index is 9.13. The zero-order valence-corrected chi connectivity index (χ0v) is 22.5. The zero-order chi connectivity index (χ0) is 25.7. The minimum Gasteiger partial charge on any atom is -0.494 e. The highest BCUT2D eigenvalue weighted by Crippen LogP contribution is 2.37. The van der Waals surface area contributed by atoms with Crippen molar-refractivity contribution in [3.8, 4) is 0 Å². The second kappa shape index (κ2) is 15.0. The molecular weight excluding hydrogens is 458 g/mol. The summed E-state index contributed by atoms with van der Waals surface area (Å²) >= 11 is 5.82. The van der Waals surface area contributed by atoms with Crippen molar-refractivity contribution in [3.63, 3.8) is 0 Å². The van der Waals surface area contributed by atoms with E-state index < -0.39 is 0 Å². The summed E-state index contributed by atoms with van der Waals surface area (Å²) < 4.78 is 5.98. The molecule has 2 aliphatic rings. The van der Waals surface area contributed by atoms with Crippen LogP contribution in [0, 0.1) is 5.41 Å². The van der Waals surface area contributed by atoms with Crippen molar-refractivity contribution in [3.05, 3.63) is 82.5 Å². The third kappa shape index (κ3) is 10.1. The Morgan fingerprint density at radius 3 is 2.49 bits per heavy atom. The van der Waals surface area contributed by atoms with Crippen LogP contribution in [-0.2, 0) is 4.74 Å². The Hall–Kier alpha value is -2.21. The van der Waals surface area contributed by atoms with Crippen molar-refractivity contribution < 1.29 is 9.84 Å². The number of rotatable bonds is 14. The largest absolute Gasteiger partial charge is 0.494 e. The van der Waals surface area contributed by atoms with Gasteiger partial charge < -0.3 is 20.6 Å². The summed E-state index contributed by atoms with van der Waals surface area (Å²) in [5, 5.41) is 10.7. The van der Waals surface area contributed by atoms with Crippen molar-refractivity contribution in [1.29, 1.82) is 0 Å². The molecular formula is C29H44ClN3O2. The molecule has 194 valence electrons. The first-order valence-electron chi connectivity index (χ1n) is 12.7. The number of hydrogen-bond donors (Lipinski definition) is 3. The van der Waals surface area contributed by atoms with Crippen molar-refractivity contribution >= 4 is 11.6 Å². The van der Waals surface area contributed by atoms with Crippen LogP contribution in [0.15, 0.2) is 82.5 Å². The van der Waals surface area contributed by atoms with E-state index in [1.165, 1.54) is 16.7 Å². The van der Waals surface area contributed by atoms with Gasteiger partial charge in [-0.1, -0.05) is 61.4 Å². The summed E-state index contributed by atoms with van der Waals surface area (Å²) in [6.45, 7) is 7.40. The molecule has 5 nitrogen and oxygen atoms in total. The van der Waals surface area contributed by atoms with Crippen LogP contribution in [-0.4, -0.2) is 35.8 Å². The second-order valence-corrected chi connectivity index (χ2v) is 10.2. The quantitative estimate of drug-likeness (QED) is 0.115. The van der Waals surface area contributed by atoms with Crippen LogP contribution < -0.4 is 11.6 Å². The topological polar surface area (TPSA) is 84.7 Å². The van der Waals surface area contributed by atoms with E-state index in [-0.39, 0.29) is 12.0 Å². The summed E-state index contributed by atoms with van der Waals surface area (Å²) in [4.78, 5) is 0. The van der Waals surface area contributed by atoms with Crippen LogP contribution in [0.25, 0.3) is 0 Å². The van der Waals surface area contributed by atoms with Gasteiger partial charge in [0.1, 0.15) is 5.76 Å². The molecule has 0 radical (unpaired) electrons. The van der Waals surface area contributed by atoms with Gasteiger partial charge in [0.25, 0.3) is 0 Å². The highest BCUT2D eigenvalue weighted by atomic mass is 35.5. The van der Waals surface area contributed by atoms with Gasteiger partial charge in [-0.15, -0.1) is 11.6 Å². The molecule has 0 unspecified atom stereocenters. The van der Waals surface area contributed by atoms with E-state index in [2.05, 4.69) is 62.5 Å². The Morgan fingerprint density at radius 2 is 1.74 bits per heavy atom. The Labute approximate surface area is 217 Å². The van der Waals surface area contributed by atoms with Gasteiger partial charge in [-0.25, -0.2) is 5.84 Å². The number of aliphatic hydroxyl groups is 1. The Balaban J connectivity index is 1.84. The first kappa shape index (κ1) is 29.0. The summed E-state index contributed by atoms with van der Waals surface area (Å²) in [7, 11) is 0. The summed E-state index contributed by atoms with van der Waals surface area (Å²) in [6.07, 6.45) is 24.9. The molecule has 0 aromatic carbocycles. The van der Waals surface area contributed by atoms with Gasteiger partial charge in [0.2, 0.25) is 0 Å². The van der Waals surface area contributed by atoms with Crippen LogP contribution in [0.4, 0.5) is 0 Å². The molecule has 2 rings (SSSR count). The maximum atomic E-state index is 9.13. The number of hydrazine groups is 1. The molecule has 0 aliphatic heterocycles. The predicted molar refractivity (Wildman–Crippen MR) is 148 cm³/mol. The lowest BCUT2D eigenvalue weighted by atomic mass is 9.77. The standard InChI is InChI=1S/C29H44ClN3O2/c1-23(28(31)22-34)33(32)19-8-20-35-27-13-7-12-26(16-17-27)29(2,3)21-25-11-6-10-24(14-15-25)9-4-5-18-30/h10-17,34H,4-9,18-22,31-32H2,1-3H3/b28-23-. The molecule has 0 bridgehead atoms. The Kier molecular flexibility index (Phi) is 12.5. The third-order valence-electron chi connectivity index (χ3n) is 6.51. The molecule has 0 saturated carbocycles. The SMILES string of the molecule is C/C(=C(/N)CO)N(N)CCCOC1=CCC=C(C(C)(C)CC2=CCC=C(CCCCCl)C=C2)C=C1. The fourth-order valence-electron chi connectivity index (χ4n) is 4.17. The molecule has 0 saturated heterocycles. The average molecular weight is 502 g/mol. The summed E-state index contributed by atoms with van der Waals surface area (Å²) in [5.41, 5.74) is 11.0. The number of ether oxygens (including phenoxy) is 1. The minimum absolute atomic E-state index is 0.0235. The lowest BCUT2D eigenvalue weighted by molar-refractivity contribution is 0.201. The molecule has 5 N–H and O–H groups in total. The van der Waals surface area contributed by atoms with Crippen molar-refractivity contribution in [2.75, 3.05) is 25.6 Å². The molecule has 0 spiro atoms. The Morgan fingerprint density at radius 1 is 1.03 bits per heavy atom. The van der Waals surface area contributed by atoms with E-state index in [0.717, 1.165) is 56.6 Å². The van der Waals surface area contributed by atoms with Gasteiger partial charge >= 0.3 is 0 Å². The van der Waals surface area contributed by atoms with Crippen LogP contribution in [0.1, 0.15) is 65.7 Å². The minimum atomic E-state index is -0.195. The fourth-order valence-corrected chi connectivity index (χ4v) is 4.36. The highest BCUT2D eigenvalue weighted by molar-refractivity contribution is 6.17. The van der Waals surface area contributed by atoms with E-state index in [1.807, 2.05) is 0 Å². The number of alkyl halides is 1. The van der Waals surface area contributed by atoms with E-state index in [4.69, 9.17) is 33.0 Å². The first-order valence-corrected chi connectivity index (χ1v) is 13.2. The number of unbranched alkanes of at least 4 members (excludes halogenated alkanes) is 1. The van der Waals surface area contributed by atoms with Gasteiger partial charge in [0.15, 0.2) is 0 Å². The fraction of sp³-hybridized carbons (Fsp3) is 0.517. The predicted octanol–water partition coefficient (Wildman–Crippen LogP) is 6.16. The smallest absolute Gasteiger partial charge is 0.115 e. The van der Waals surface area contributed by atoms with E-state index in [1.54, 1.807) is 11.9 Å². The van der Waals surface area contributed by atoms with E-state index in [9.17, 15) is 0 Å². The van der Waals surface area contributed by atoms with Crippen molar-refractivity contribution in [2.24, 2.45) is 17.0 Å². The molecule has 6 heteroatoms. The van der Waals surface area contributed by atoms with E-state index in [0.29, 0.717) is 24.5 Å². The van der Waals surface area contributed by atoms with Crippen LogP contribution in [0.5, 0.6) is 0 Å². The summed E-state index contributed by atoms with van der Waals surface area (Å²) in [6, 6.07) is 0. The second-order valence-electron chi connectivity index (χ2n) is 9.83. The first-order chi connectivity index (χ1) is 16.8. The van der Waals surface area contributed by atoms with E-state index >= 15 is 0 Å². The van der Waals surface area contributed by atoms with Crippen molar-refractivity contribution in [2.45, 2.75) is 65.7 Å². The molecule has 0 aromatic rings. The monoisotopic (exact) mass is 501 g/mol. The van der Waals surface area contributed by atoms with Gasteiger partial charge in [0, 0.05) is 24.5 Å². The molecule has 0 fully saturated rings. The number of halogens is 1. The molecule has 0 atom stereocenters. The van der Waals surface area contributed by atoms with Crippen LogP contribution in [0.3, 0.4) is 0 Å². The van der Waals surface area contributed by atoms with Crippen LogP contribution in [0.2, 0.25) is 0 Å². The molecule has 35 heavy (non-hydrogen) atoms. The highest BCUT2D eigenvalue weighted by Gasteiger charge is 2.23. The van der Waals surface area contributed by atoms with Gasteiger partial charge in [-0.05, 0) is 68.6 Å². The van der Waals surface area contributed by atoms with Gasteiger partial charge in [-0.3, -0.25) is 0 Å². The zero-order valence-electron chi connectivity index (χ0n) is 21.7. The third-order valence-corrected chi connectivity index (χ3v) is 6.78. The van der Waals surface area contributed by atoms with Gasteiger partial charge in [-0.2, -0.15) is 0 Å². The molecule has 0 amide bonds. The number of aliphatic hydroxyl groups excluding tert-OH is 1. The van der Waals surface area contributed by atoms with Crippen LogP contribution >= 0.6 is 11.6 Å². The molecule has 0 aromatic heterocycles.